The molecule has 0 aliphatic heterocycles. The number of amides is 1. The maximum Gasteiger partial charge on any atom is 0.223 e. The Morgan fingerprint density at radius 2 is 1.80 bits per heavy atom. The predicted molar refractivity (Wildman–Crippen MR) is 62.6 cm³/mol. The van der Waals surface area contributed by atoms with Crippen LogP contribution in [0, 0.1) is 5.92 Å². The highest BCUT2D eigenvalue weighted by atomic mass is 16.1. The van der Waals surface area contributed by atoms with Gasteiger partial charge < -0.3 is 5.32 Å². The molecule has 0 radical (unpaired) electrons. The normalized spacial score (nSPS) is 12.5. The Kier molecular flexibility index (Phi) is 4.35. The lowest BCUT2D eigenvalue weighted by molar-refractivity contribution is -0.124. The van der Waals surface area contributed by atoms with Crippen LogP contribution in [0.1, 0.15) is 26.3 Å². The van der Waals surface area contributed by atoms with Crippen molar-refractivity contribution in [3.8, 4) is 0 Å². The first kappa shape index (κ1) is 11.8. The van der Waals surface area contributed by atoms with Gasteiger partial charge in [-0.05, 0) is 25.8 Å². The monoisotopic (exact) mass is 205 g/mol. The van der Waals surface area contributed by atoms with Gasteiger partial charge in [-0.15, -0.1) is 0 Å². The molecule has 2 nitrogen and oxygen atoms in total. The molecular weight excluding hydrogens is 186 g/mol. The van der Waals surface area contributed by atoms with Crippen LogP contribution in [0.5, 0.6) is 0 Å². The van der Waals surface area contributed by atoms with Gasteiger partial charge in [0.1, 0.15) is 0 Å². The molecule has 0 saturated heterocycles. The summed E-state index contributed by atoms with van der Waals surface area (Å²) in [6, 6.07) is 10.3. The Labute approximate surface area is 91.7 Å². The maximum atomic E-state index is 11.6. The average molecular weight is 205 g/mol. The van der Waals surface area contributed by atoms with E-state index in [1.54, 1.807) is 0 Å². The van der Waals surface area contributed by atoms with Crippen molar-refractivity contribution in [3.63, 3.8) is 0 Å². The molecule has 1 aromatic carbocycles. The summed E-state index contributed by atoms with van der Waals surface area (Å²) in [5.41, 5.74) is 1.21. The van der Waals surface area contributed by atoms with Crippen LogP contribution in [0.15, 0.2) is 30.3 Å². The van der Waals surface area contributed by atoms with Gasteiger partial charge in [-0.3, -0.25) is 4.79 Å². The van der Waals surface area contributed by atoms with Gasteiger partial charge in [-0.2, -0.15) is 0 Å². The van der Waals surface area contributed by atoms with Gasteiger partial charge in [0.15, 0.2) is 0 Å². The van der Waals surface area contributed by atoms with Gasteiger partial charge in [0, 0.05) is 12.0 Å². The number of rotatable bonds is 4. The third-order valence-corrected chi connectivity index (χ3v) is 2.26. The molecule has 0 saturated carbocycles. The van der Waals surface area contributed by atoms with Crippen molar-refractivity contribution in [1.82, 2.24) is 5.32 Å². The zero-order valence-corrected chi connectivity index (χ0v) is 9.66. The van der Waals surface area contributed by atoms with E-state index < -0.39 is 0 Å². The highest BCUT2D eigenvalue weighted by Gasteiger charge is 2.13. The number of nitrogens with one attached hydrogen (secondary N) is 1. The number of hydrogen-bond donors (Lipinski definition) is 1. The first-order valence-corrected chi connectivity index (χ1v) is 5.44. The molecule has 1 rings (SSSR count). The average Bonchev–Trinajstić information content (AvgIpc) is 2.18. The standard InChI is InChI=1S/C13H19NO/c1-10(2)14-13(15)11(3)9-12-7-5-4-6-8-12/h4-8,10-11H,9H2,1-3H3,(H,14,15). The minimum absolute atomic E-state index is 0.0369. The van der Waals surface area contributed by atoms with Crippen molar-refractivity contribution >= 4 is 5.91 Å². The van der Waals surface area contributed by atoms with Crippen molar-refractivity contribution in [2.24, 2.45) is 5.92 Å². The Bertz CT molecular complexity index is 306. The first-order chi connectivity index (χ1) is 7.09. The third-order valence-electron chi connectivity index (χ3n) is 2.26. The zero-order chi connectivity index (χ0) is 11.3. The van der Waals surface area contributed by atoms with E-state index in [2.05, 4.69) is 17.4 Å². The Morgan fingerprint density at radius 1 is 1.20 bits per heavy atom. The van der Waals surface area contributed by atoms with Crippen LogP contribution < -0.4 is 5.32 Å². The highest BCUT2D eigenvalue weighted by Crippen LogP contribution is 2.08. The van der Waals surface area contributed by atoms with Crippen LogP contribution in [-0.4, -0.2) is 11.9 Å². The summed E-state index contributed by atoms with van der Waals surface area (Å²) in [6.07, 6.45) is 0.805. The van der Waals surface area contributed by atoms with Crippen LogP contribution in [0.3, 0.4) is 0 Å². The summed E-state index contributed by atoms with van der Waals surface area (Å²) in [5, 5.41) is 2.92. The lowest BCUT2D eigenvalue weighted by atomic mass is 10.0. The molecule has 0 fully saturated rings. The summed E-state index contributed by atoms with van der Waals surface area (Å²) in [5.74, 6) is 0.170. The molecule has 0 spiro atoms. The van der Waals surface area contributed by atoms with Gasteiger partial charge in [0.2, 0.25) is 5.91 Å². The second-order valence-corrected chi connectivity index (χ2v) is 4.25. The number of benzene rings is 1. The number of carbonyl (C=O) groups is 1. The fourth-order valence-corrected chi connectivity index (χ4v) is 1.49. The molecule has 82 valence electrons. The SMILES string of the molecule is CC(C)NC(=O)C(C)Cc1ccccc1. The summed E-state index contributed by atoms with van der Waals surface area (Å²) in [4.78, 5) is 11.6. The van der Waals surface area contributed by atoms with Crippen molar-refractivity contribution in [2.45, 2.75) is 33.2 Å². The second-order valence-electron chi connectivity index (χ2n) is 4.25. The molecule has 1 unspecified atom stereocenters. The number of hydrogen-bond acceptors (Lipinski definition) is 1. The lowest BCUT2D eigenvalue weighted by Gasteiger charge is -2.14. The van der Waals surface area contributed by atoms with Crippen molar-refractivity contribution < 1.29 is 4.79 Å². The molecular formula is C13H19NO. The summed E-state index contributed by atoms with van der Waals surface area (Å²) in [7, 11) is 0. The maximum absolute atomic E-state index is 11.6. The lowest BCUT2D eigenvalue weighted by Crippen LogP contribution is -2.35. The molecule has 2 heteroatoms. The van der Waals surface area contributed by atoms with Crippen molar-refractivity contribution in [1.29, 1.82) is 0 Å². The van der Waals surface area contributed by atoms with Crippen molar-refractivity contribution in [2.75, 3.05) is 0 Å². The molecule has 1 aromatic rings. The Balaban J connectivity index is 2.49. The van der Waals surface area contributed by atoms with E-state index in [1.807, 2.05) is 39.0 Å². The van der Waals surface area contributed by atoms with Crippen LogP contribution in [0.2, 0.25) is 0 Å². The van der Waals surface area contributed by atoms with Gasteiger partial charge in [0.05, 0.1) is 0 Å². The van der Waals surface area contributed by atoms with Crippen LogP contribution in [-0.2, 0) is 11.2 Å². The largest absolute Gasteiger partial charge is 0.354 e. The molecule has 1 atom stereocenters. The Morgan fingerprint density at radius 3 is 2.33 bits per heavy atom. The first-order valence-electron chi connectivity index (χ1n) is 5.44. The van der Waals surface area contributed by atoms with Gasteiger partial charge in [-0.1, -0.05) is 37.3 Å². The van der Waals surface area contributed by atoms with E-state index >= 15 is 0 Å². The molecule has 1 N–H and O–H groups in total. The molecule has 0 aromatic heterocycles. The second kappa shape index (κ2) is 5.54. The number of carbonyl (C=O) groups excluding carboxylic acids is 1. The van der Waals surface area contributed by atoms with E-state index in [0.717, 1.165) is 6.42 Å². The highest BCUT2D eigenvalue weighted by molar-refractivity contribution is 5.78. The molecule has 0 heterocycles. The van der Waals surface area contributed by atoms with Crippen molar-refractivity contribution in [3.05, 3.63) is 35.9 Å². The summed E-state index contributed by atoms with van der Waals surface area (Å²) >= 11 is 0. The van der Waals surface area contributed by atoms with E-state index in [0.29, 0.717) is 0 Å². The fraction of sp³-hybridized carbons (Fsp3) is 0.462. The fourth-order valence-electron chi connectivity index (χ4n) is 1.49. The van der Waals surface area contributed by atoms with Gasteiger partial charge >= 0.3 is 0 Å². The van der Waals surface area contributed by atoms with Crippen LogP contribution >= 0.6 is 0 Å². The minimum Gasteiger partial charge on any atom is -0.354 e. The summed E-state index contributed by atoms with van der Waals surface area (Å²) in [6.45, 7) is 5.92. The Hall–Kier alpha value is -1.31. The molecule has 15 heavy (non-hydrogen) atoms. The van der Waals surface area contributed by atoms with E-state index in [-0.39, 0.29) is 17.9 Å². The zero-order valence-electron chi connectivity index (χ0n) is 9.66. The predicted octanol–water partition coefficient (Wildman–Crippen LogP) is 2.39. The van der Waals surface area contributed by atoms with Crippen LogP contribution in [0.25, 0.3) is 0 Å². The van der Waals surface area contributed by atoms with E-state index in [9.17, 15) is 4.79 Å². The smallest absolute Gasteiger partial charge is 0.223 e. The quantitative estimate of drug-likeness (QED) is 0.803. The summed E-state index contributed by atoms with van der Waals surface area (Å²) < 4.78 is 0. The molecule has 0 bridgehead atoms. The van der Waals surface area contributed by atoms with Crippen LogP contribution in [0.4, 0.5) is 0 Å². The molecule has 0 aliphatic rings. The topological polar surface area (TPSA) is 29.1 Å². The minimum atomic E-state index is 0.0369. The van der Waals surface area contributed by atoms with E-state index in [1.165, 1.54) is 5.56 Å². The molecule has 0 aliphatic carbocycles. The van der Waals surface area contributed by atoms with Gasteiger partial charge in [-0.25, -0.2) is 0 Å². The molecule has 1 amide bonds. The van der Waals surface area contributed by atoms with E-state index in [4.69, 9.17) is 0 Å². The third kappa shape index (κ3) is 4.15. The van der Waals surface area contributed by atoms with Gasteiger partial charge in [0.25, 0.3) is 0 Å².